The Morgan fingerprint density at radius 3 is 2.33 bits per heavy atom. The summed E-state index contributed by atoms with van der Waals surface area (Å²) in [6.07, 6.45) is 2.57. The minimum Gasteiger partial charge on any atom is -0.496 e. The molecule has 1 saturated heterocycles. The third-order valence-corrected chi connectivity index (χ3v) is 7.33. The molecule has 8 nitrogen and oxygen atoms in total. The third-order valence-electron chi connectivity index (χ3n) is 6.91. The number of rotatable bonds is 11. The molecule has 0 radical (unpaired) electrons. The number of ketones is 1. The molecule has 0 unspecified atom stereocenters. The first-order chi connectivity index (χ1) is 19.1. The van der Waals surface area contributed by atoms with E-state index in [0.29, 0.717) is 35.3 Å². The van der Waals surface area contributed by atoms with Crippen molar-refractivity contribution in [3.05, 3.63) is 52.4 Å². The van der Waals surface area contributed by atoms with Gasteiger partial charge in [-0.1, -0.05) is 63.9 Å². The third kappa shape index (κ3) is 8.02. The van der Waals surface area contributed by atoms with Gasteiger partial charge < -0.3 is 24.2 Å². The summed E-state index contributed by atoms with van der Waals surface area (Å²) in [5.41, 5.74) is 2.34. The first-order valence-electron chi connectivity index (χ1n) is 13.7. The average molecular weight is 570 g/mol. The van der Waals surface area contributed by atoms with Gasteiger partial charge in [0, 0.05) is 43.1 Å². The van der Waals surface area contributed by atoms with E-state index in [1.54, 1.807) is 14.0 Å². The summed E-state index contributed by atoms with van der Waals surface area (Å²) >= 11 is 1.42. The summed E-state index contributed by atoms with van der Waals surface area (Å²) in [5, 5.41) is 4.33. The van der Waals surface area contributed by atoms with E-state index in [1.807, 2.05) is 49.6 Å². The minimum absolute atomic E-state index is 0.181. The van der Waals surface area contributed by atoms with Gasteiger partial charge in [-0.15, -0.1) is 0 Å². The predicted octanol–water partition coefficient (Wildman–Crippen LogP) is 3.93. The van der Waals surface area contributed by atoms with Crippen LogP contribution in [0.5, 0.6) is 5.75 Å². The summed E-state index contributed by atoms with van der Waals surface area (Å²) in [6.45, 7) is 14.6. The van der Waals surface area contributed by atoms with E-state index >= 15 is 0 Å². The Bertz CT molecular complexity index is 1310. The maximum absolute atomic E-state index is 13.4. The van der Waals surface area contributed by atoms with E-state index in [1.165, 1.54) is 11.9 Å². The molecule has 3 rings (SSSR count). The SMILES string of the molecule is CC/C(OCCN1CCOCC1)=c1/cccc/c1=C(/C)C(=O)C(=O)Nc1cc(C(C)(C)C)cc(NSC)c1OC. The van der Waals surface area contributed by atoms with Gasteiger partial charge in [0.1, 0.15) is 12.4 Å². The van der Waals surface area contributed by atoms with Crippen LogP contribution in [0.15, 0.2) is 36.4 Å². The first-order valence-corrected chi connectivity index (χ1v) is 14.9. The lowest BCUT2D eigenvalue weighted by atomic mass is 9.86. The minimum atomic E-state index is -0.724. The Morgan fingerprint density at radius 1 is 1.07 bits per heavy atom. The van der Waals surface area contributed by atoms with E-state index < -0.39 is 11.7 Å². The molecule has 1 aliphatic rings. The van der Waals surface area contributed by atoms with Crippen molar-refractivity contribution in [3.63, 3.8) is 0 Å². The molecule has 2 aromatic carbocycles. The van der Waals surface area contributed by atoms with Gasteiger partial charge in [0.2, 0.25) is 5.78 Å². The first kappa shape index (κ1) is 31.5. The molecule has 0 bridgehead atoms. The molecule has 9 heteroatoms. The van der Waals surface area contributed by atoms with Crippen molar-refractivity contribution >= 4 is 46.3 Å². The van der Waals surface area contributed by atoms with Crippen molar-refractivity contribution in [3.8, 4) is 5.75 Å². The zero-order chi connectivity index (χ0) is 29.3. The van der Waals surface area contributed by atoms with Crippen LogP contribution >= 0.6 is 11.9 Å². The second-order valence-electron chi connectivity index (χ2n) is 10.7. The quantitative estimate of drug-likeness (QED) is 0.311. The molecule has 1 fully saturated rings. The van der Waals surface area contributed by atoms with Crippen molar-refractivity contribution in [2.75, 3.05) is 62.9 Å². The van der Waals surface area contributed by atoms with Gasteiger partial charge in [-0.05, 0) is 35.3 Å². The van der Waals surface area contributed by atoms with Crippen LogP contribution in [0.3, 0.4) is 0 Å². The molecule has 40 heavy (non-hydrogen) atoms. The van der Waals surface area contributed by atoms with Crippen LogP contribution in [-0.2, 0) is 24.5 Å². The number of methoxy groups -OCH3 is 1. The summed E-state index contributed by atoms with van der Waals surface area (Å²) in [7, 11) is 1.55. The maximum Gasteiger partial charge on any atom is 0.296 e. The highest BCUT2D eigenvalue weighted by atomic mass is 32.2. The van der Waals surface area contributed by atoms with Gasteiger partial charge in [0.05, 0.1) is 31.7 Å². The Hall–Kier alpha value is -3.01. The van der Waals surface area contributed by atoms with Crippen molar-refractivity contribution in [2.24, 2.45) is 0 Å². The van der Waals surface area contributed by atoms with Crippen LogP contribution in [0.1, 0.15) is 46.6 Å². The zero-order valence-electron chi connectivity index (χ0n) is 24.8. The summed E-state index contributed by atoms with van der Waals surface area (Å²) < 4.78 is 20.5. The number of nitrogens with one attached hydrogen (secondary N) is 2. The fourth-order valence-corrected chi connectivity index (χ4v) is 4.95. The number of carbonyl (C=O) groups excluding carboxylic acids is 2. The van der Waals surface area contributed by atoms with E-state index in [0.717, 1.165) is 55.1 Å². The molecule has 2 N–H and O–H groups in total. The number of anilines is 2. The molecule has 2 aromatic rings. The fourth-order valence-electron chi connectivity index (χ4n) is 4.58. The van der Waals surface area contributed by atoms with Gasteiger partial charge in [0.25, 0.3) is 5.91 Å². The number of Topliss-reactive ketones (excluding diaryl/α,β-unsaturated/α-hetero) is 1. The van der Waals surface area contributed by atoms with Crippen molar-refractivity contribution in [1.29, 1.82) is 0 Å². The smallest absolute Gasteiger partial charge is 0.296 e. The topological polar surface area (TPSA) is 89.1 Å². The molecule has 0 spiro atoms. The lowest BCUT2D eigenvalue weighted by Crippen LogP contribution is -2.38. The number of hydrogen-bond donors (Lipinski definition) is 2. The molecule has 0 aromatic heterocycles. The molecule has 0 aliphatic carbocycles. The van der Waals surface area contributed by atoms with Crippen LogP contribution in [0.4, 0.5) is 11.4 Å². The molecule has 0 atom stereocenters. The number of carbonyl (C=O) groups is 2. The van der Waals surface area contributed by atoms with Gasteiger partial charge >= 0.3 is 0 Å². The van der Waals surface area contributed by atoms with Crippen LogP contribution < -0.4 is 25.2 Å². The highest BCUT2D eigenvalue weighted by Gasteiger charge is 2.23. The van der Waals surface area contributed by atoms with E-state index in [4.69, 9.17) is 14.2 Å². The summed E-state index contributed by atoms with van der Waals surface area (Å²) in [6, 6.07) is 11.4. The van der Waals surface area contributed by atoms with Crippen LogP contribution in [-0.4, -0.2) is 69.4 Å². The molecule has 0 saturated carbocycles. The van der Waals surface area contributed by atoms with Crippen molar-refractivity contribution < 1.29 is 23.8 Å². The van der Waals surface area contributed by atoms with E-state index in [2.05, 4.69) is 35.7 Å². The molecule has 1 amide bonds. The largest absolute Gasteiger partial charge is 0.496 e. The van der Waals surface area contributed by atoms with Crippen LogP contribution in [0.2, 0.25) is 0 Å². The Morgan fingerprint density at radius 2 is 1.73 bits per heavy atom. The second kappa shape index (κ2) is 14.6. The zero-order valence-corrected chi connectivity index (χ0v) is 25.6. The van der Waals surface area contributed by atoms with Crippen LogP contribution in [0.25, 0.3) is 11.3 Å². The monoisotopic (exact) mass is 569 g/mol. The van der Waals surface area contributed by atoms with E-state index in [9.17, 15) is 9.59 Å². The molecule has 1 heterocycles. The normalized spacial score (nSPS) is 15.7. The predicted molar refractivity (Wildman–Crippen MR) is 164 cm³/mol. The number of benzene rings is 2. The molecule has 218 valence electrons. The molecular weight excluding hydrogens is 526 g/mol. The van der Waals surface area contributed by atoms with Gasteiger partial charge in [-0.25, -0.2) is 0 Å². The molecular formula is C31H43N3O5S. The number of hydrogen-bond acceptors (Lipinski definition) is 8. The average Bonchev–Trinajstić information content (AvgIpc) is 2.94. The Labute approximate surface area is 242 Å². The fraction of sp³-hybridized carbons (Fsp3) is 0.484. The molecule has 1 aliphatic heterocycles. The van der Waals surface area contributed by atoms with Crippen LogP contribution in [0, 0.1) is 0 Å². The number of nitrogens with zero attached hydrogens (tertiary/aromatic N) is 1. The Balaban J connectivity index is 1.93. The summed E-state index contributed by atoms with van der Waals surface area (Å²) in [4.78, 5) is 29.1. The Kier molecular flexibility index (Phi) is 11.5. The summed E-state index contributed by atoms with van der Waals surface area (Å²) in [5.74, 6) is -0.0718. The maximum atomic E-state index is 13.4. The number of ether oxygens (including phenoxy) is 3. The van der Waals surface area contributed by atoms with Gasteiger partial charge in [-0.2, -0.15) is 0 Å². The highest BCUT2D eigenvalue weighted by molar-refractivity contribution is 7.99. The van der Waals surface area contributed by atoms with E-state index in [-0.39, 0.29) is 5.41 Å². The second-order valence-corrected chi connectivity index (χ2v) is 11.3. The standard InChI is InChI=1S/C31H43N3O5S/c1-8-27(39-18-15-34-13-16-38-17-14-34)24-12-10-9-11-23(24)21(2)28(35)30(36)32-25-19-22(31(3,4)5)20-26(33-40-7)29(25)37-6/h9-12,19-20,33H,8,13-18H2,1-7H3,(H,32,36)/b23-21+,27-24+. The lowest BCUT2D eigenvalue weighted by molar-refractivity contribution is -0.131. The highest BCUT2D eigenvalue weighted by Crippen LogP contribution is 2.39. The number of morpholine rings is 1. The van der Waals surface area contributed by atoms with Crippen molar-refractivity contribution in [2.45, 2.75) is 46.5 Å². The lowest BCUT2D eigenvalue weighted by Gasteiger charge is -2.26. The van der Waals surface area contributed by atoms with Gasteiger partial charge in [-0.3, -0.25) is 14.5 Å². The number of amides is 1. The van der Waals surface area contributed by atoms with Crippen molar-refractivity contribution in [1.82, 2.24) is 4.90 Å². The van der Waals surface area contributed by atoms with Gasteiger partial charge in [0.15, 0.2) is 5.75 Å².